The molecule has 5 rings (SSSR count). The van der Waals surface area contributed by atoms with Gasteiger partial charge in [0.2, 0.25) is 5.76 Å². The Morgan fingerprint density at radius 2 is 1.80 bits per heavy atom. The van der Waals surface area contributed by atoms with Crippen LogP contribution >= 0.6 is 11.6 Å². The minimum Gasteiger partial charge on any atom is -0.493 e. The number of halogens is 1. The van der Waals surface area contributed by atoms with Crippen molar-refractivity contribution in [3.8, 4) is 11.5 Å². The van der Waals surface area contributed by atoms with Crippen LogP contribution < -0.4 is 14.9 Å². The van der Waals surface area contributed by atoms with Crippen LogP contribution in [-0.2, 0) is 6.42 Å². The van der Waals surface area contributed by atoms with Crippen molar-refractivity contribution in [1.29, 1.82) is 0 Å². The summed E-state index contributed by atoms with van der Waals surface area (Å²) in [5.74, 6) is 0.872. The van der Waals surface area contributed by atoms with Crippen LogP contribution in [0.5, 0.6) is 11.5 Å². The number of rotatable bonds is 7. The number of carbonyl (C=O) groups excluding carboxylic acids is 1. The lowest BCUT2D eigenvalue weighted by Crippen LogP contribution is -2.31. The summed E-state index contributed by atoms with van der Waals surface area (Å²) in [7, 11) is 1.56. The molecular formula is C28H24ClNO5. The molecule has 0 radical (unpaired) electrons. The number of ether oxygens (including phenoxy) is 2. The first-order valence-electron chi connectivity index (χ1n) is 11.4. The lowest BCUT2D eigenvalue weighted by molar-refractivity contribution is 0.0730. The quantitative estimate of drug-likeness (QED) is 0.336. The number of nitrogens with zero attached hydrogens (tertiary/aromatic N) is 1. The van der Waals surface area contributed by atoms with E-state index < -0.39 is 6.04 Å². The zero-order valence-corrected chi connectivity index (χ0v) is 20.2. The summed E-state index contributed by atoms with van der Waals surface area (Å²) >= 11 is 6.17. The Bertz CT molecular complexity index is 1460. The molecule has 1 aliphatic heterocycles. The second-order valence-corrected chi connectivity index (χ2v) is 8.73. The lowest BCUT2D eigenvalue weighted by atomic mass is 9.97. The predicted molar refractivity (Wildman–Crippen MR) is 135 cm³/mol. The molecule has 4 aromatic rings. The fourth-order valence-electron chi connectivity index (χ4n) is 4.59. The van der Waals surface area contributed by atoms with E-state index in [0.29, 0.717) is 52.6 Å². The molecule has 2 heterocycles. The van der Waals surface area contributed by atoms with Gasteiger partial charge in [-0.05, 0) is 54.8 Å². The van der Waals surface area contributed by atoms with Gasteiger partial charge < -0.3 is 18.8 Å². The Kier molecular flexibility index (Phi) is 6.22. The lowest BCUT2D eigenvalue weighted by Gasteiger charge is -2.26. The van der Waals surface area contributed by atoms with Crippen molar-refractivity contribution in [3.05, 3.63) is 104 Å². The minimum atomic E-state index is -0.634. The normalized spacial score (nSPS) is 14.9. The highest BCUT2D eigenvalue weighted by Crippen LogP contribution is 2.41. The molecule has 0 N–H and O–H groups in total. The van der Waals surface area contributed by atoms with Crippen molar-refractivity contribution >= 4 is 28.5 Å². The number of hydrogen-bond acceptors (Lipinski definition) is 5. The molecule has 6 nitrogen and oxygen atoms in total. The summed E-state index contributed by atoms with van der Waals surface area (Å²) < 4.78 is 17.2. The van der Waals surface area contributed by atoms with Crippen molar-refractivity contribution in [1.82, 2.24) is 4.90 Å². The molecule has 0 spiro atoms. The molecule has 178 valence electrons. The summed E-state index contributed by atoms with van der Waals surface area (Å²) in [5, 5.41) is 0.770. The van der Waals surface area contributed by atoms with Crippen LogP contribution in [0.1, 0.15) is 40.2 Å². The highest BCUT2D eigenvalue weighted by molar-refractivity contribution is 6.31. The Morgan fingerprint density at radius 3 is 2.54 bits per heavy atom. The van der Waals surface area contributed by atoms with Gasteiger partial charge in [-0.25, -0.2) is 0 Å². The molecule has 1 amide bonds. The van der Waals surface area contributed by atoms with E-state index in [1.54, 1.807) is 36.3 Å². The van der Waals surface area contributed by atoms with E-state index in [2.05, 4.69) is 0 Å². The fourth-order valence-corrected chi connectivity index (χ4v) is 4.77. The van der Waals surface area contributed by atoms with Gasteiger partial charge in [0.1, 0.15) is 5.58 Å². The van der Waals surface area contributed by atoms with Gasteiger partial charge in [-0.2, -0.15) is 0 Å². The van der Waals surface area contributed by atoms with Gasteiger partial charge in [-0.3, -0.25) is 9.59 Å². The summed E-state index contributed by atoms with van der Waals surface area (Å²) in [6.45, 7) is 2.79. The summed E-state index contributed by atoms with van der Waals surface area (Å²) in [5.41, 5.74) is 2.20. The molecule has 1 unspecified atom stereocenters. The van der Waals surface area contributed by atoms with E-state index in [1.165, 1.54) is 0 Å². The van der Waals surface area contributed by atoms with Gasteiger partial charge in [-0.1, -0.05) is 48.0 Å². The van der Waals surface area contributed by atoms with Gasteiger partial charge in [0, 0.05) is 11.6 Å². The third-order valence-electron chi connectivity index (χ3n) is 6.22. The summed E-state index contributed by atoms with van der Waals surface area (Å²) in [6.07, 6.45) is 0.630. The minimum absolute atomic E-state index is 0.0655. The third-order valence-corrected chi connectivity index (χ3v) is 6.45. The molecule has 1 aromatic heterocycles. The zero-order valence-electron chi connectivity index (χ0n) is 19.4. The van der Waals surface area contributed by atoms with Crippen molar-refractivity contribution in [2.24, 2.45) is 0 Å². The Morgan fingerprint density at radius 1 is 1.00 bits per heavy atom. The van der Waals surface area contributed by atoms with E-state index in [4.69, 9.17) is 25.5 Å². The summed E-state index contributed by atoms with van der Waals surface area (Å²) in [6, 6.07) is 19.6. The van der Waals surface area contributed by atoms with Crippen LogP contribution in [0.4, 0.5) is 0 Å². The van der Waals surface area contributed by atoms with Gasteiger partial charge in [0.05, 0.1) is 30.7 Å². The molecule has 35 heavy (non-hydrogen) atoms. The number of hydrogen-bond donors (Lipinski definition) is 0. The smallest absolute Gasteiger partial charge is 0.290 e. The topological polar surface area (TPSA) is 69.0 Å². The average molecular weight is 490 g/mol. The van der Waals surface area contributed by atoms with Crippen LogP contribution in [0, 0.1) is 0 Å². The summed E-state index contributed by atoms with van der Waals surface area (Å²) in [4.78, 5) is 29.0. The molecule has 0 saturated carbocycles. The number of amides is 1. The largest absolute Gasteiger partial charge is 0.493 e. The Hall–Kier alpha value is -3.77. The highest BCUT2D eigenvalue weighted by atomic mass is 35.5. The molecule has 0 fully saturated rings. The molecule has 3 aromatic carbocycles. The van der Waals surface area contributed by atoms with Crippen molar-refractivity contribution in [2.75, 3.05) is 20.3 Å². The van der Waals surface area contributed by atoms with Crippen molar-refractivity contribution in [2.45, 2.75) is 19.4 Å². The molecule has 1 atom stereocenters. The van der Waals surface area contributed by atoms with Gasteiger partial charge in [0.25, 0.3) is 5.91 Å². The number of benzene rings is 3. The second kappa shape index (κ2) is 9.47. The predicted octanol–water partition coefficient (Wildman–Crippen LogP) is 5.64. The van der Waals surface area contributed by atoms with Gasteiger partial charge in [-0.15, -0.1) is 0 Å². The van der Waals surface area contributed by atoms with Crippen LogP contribution in [0.2, 0.25) is 5.02 Å². The van der Waals surface area contributed by atoms with Gasteiger partial charge in [0.15, 0.2) is 16.9 Å². The zero-order chi connectivity index (χ0) is 24.5. The van der Waals surface area contributed by atoms with Crippen LogP contribution in [0.3, 0.4) is 0 Å². The van der Waals surface area contributed by atoms with Crippen molar-refractivity contribution in [3.63, 3.8) is 0 Å². The Labute approximate surface area is 207 Å². The Balaban J connectivity index is 1.66. The number of carbonyl (C=O) groups is 1. The first-order valence-corrected chi connectivity index (χ1v) is 11.8. The molecule has 1 aliphatic rings. The maximum absolute atomic E-state index is 13.7. The standard InChI is InChI=1S/C28H24ClNO5/c1-3-34-22-11-9-18(15-23(22)33-2)25-24-26(31)20-16-19(29)10-12-21(20)35-27(24)28(32)30(25)14-13-17-7-5-4-6-8-17/h4-12,15-16,25H,3,13-14H2,1-2H3. The maximum Gasteiger partial charge on any atom is 0.290 e. The molecule has 0 aliphatic carbocycles. The van der Waals surface area contributed by atoms with Crippen LogP contribution in [0.25, 0.3) is 11.0 Å². The number of fused-ring (bicyclic) bond motifs is 2. The third kappa shape index (κ3) is 4.15. The molecule has 0 bridgehead atoms. The maximum atomic E-state index is 13.7. The van der Waals surface area contributed by atoms with Crippen molar-refractivity contribution < 1.29 is 18.7 Å². The molecule has 7 heteroatoms. The van der Waals surface area contributed by atoms with E-state index in [0.717, 1.165) is 11.1 Å². The first-order chi connectivity index (χ1) is 17.0. The molecular weight excluding hydrogens is 466 g/mol. The van der Waals surface area contributed by atoms with E-state index in [-0.39, 0.29) is 17.1 Å². The molecule has 0 saturated heterocycles. The van der Waals surface area contributed by atoms with E-state index in [1.807, 2.05) is 49.4 Å². The fraction of sp³-hybridized carbons (Fsp3) is 0.214. The number of methoxy groups -OCH3 is 1. The first kappa shape index (κ1) is 23.0. The second-order valence-electron chi connectivity index (χ2n) is 8.29. The van der Waals surface area contributed by atoms with Gasteiger partial charge >= 0.3 is 0 Å². The van der Waals surface area contributed by atoms with Crippen LogP contribution in [-0.4, -0.2) is 31.1 Å². The average Bonchev–Trinajstić information content (AvgIpc) is 3.16. The van der Waals surface area contributed by atoms with Crippen LogP contribution in [0.15, 0.2) is 75.9 Å². The SMILES string of the molecule is CCOc1ccc(C2c3c(oc4ccc(Cl)cc4c3=O)C(=O)N2CCc2ccccc2)cc1OC. The van der Waals surface area contributed by atoms with E-state index in [9.17, 15) is 9.59 Å². The van der Waals surface area contributed by atoms with E-state index >= 15 is 0 Å². The monoisotopic (exact) mass is 489 g/mol. The highest BCUT2D eigenvalue weighted by Gasteiger charge is 2.42.